The predicted octanol–water partition coefficient (Wildman–Crippen LogP) is 4.33. The van der Waals surface area contributed by atoms with E-state index in [1.807, 2.05) is 25.1 Å². The summed E-state index contributed by atoms with van der Waals surface area (Å²) in [6.07, 6.45) is 0. The summed E-state index contributed by atoms with van der Waals surface area (Å²) in [7, 11) is 0. The third kappa shape index (κ3) is 2.65. The molecule has 0 aliphatic heterocycles. The molecule has 2 aromatic rings. The van der Waals surface area contributed by atoms with Crippen molar-refractivity contribution >= 4 is 43.3 Å². The molecule has 0 unspecified atom stereocenters. The predicted molar refractivity (Wildman–Crippen MR) is 80.9 cm³/mol. The van der Waals surface area contributed by atoms with Gasteiger partial charge in [0.2, 0.25) is 0 Å². The van der Waals surface area contributed by atoms with Crippen LogP contribution in [0.3, 0.4) is 0 Å². The topological polar surface area (TPSA) is 43.1 Å². The number of benzene rings is 2. The van der Waals surface area contributed by atoms with E-state index in [1.165, 1.54) is 0 Å². The van der Waals surface area contributed by atoms with Crippen molar-refractivity contribution in [2.24, 2.45) is 0 Å². The zero-order valence-electron chi connectivity index (χ0n) is 9.71. The molecule has 92 valence electrons. The van der Waals surface area contributed by atoms with Crippen LogP contribution in [0.25, 0.3) is 0 Å². The molecular formula is C14H11Br2NO. The fraction of sp³-hybridized carbons (Fsp3) is 0.0714. The molecule has 0 aliphatic carbocycles. The summed E-state index contributed by atoms with van der Waals surface area (Å²) >= 11 is 6.77. The van der Waals surface area contributed by atoms with E-state index in [2.05, 4.69) is 31.9 Å². The largest absolute Gasteiger partial charge is 0.399 e. The highest BCUT2D eigenvalue weighted by Crippen LogP contribution is 2.25. The van der Waals surface area contributed by atoms with Gasteiger partial charge in [-0.25, -0.2) is 0 Å². The van der Waals surface area contributed by atoms with Gasteiger partial charge in [-0.15, -0.1) is 0 Å². The van der Waals surface area contributed by atoms with Gasteiger partial charge in [-0.1, -0.05) is 31.9 Å². The number of anilines is 1. The van der Waals surface area contributed by atoms with Crippen molar-refractivity contribution in [2.75, 3.05) is 5.73 Å². The number of hydrogen-bond acceptors (Lipinski definition) is 2. The maximum Gasteiger partial charge on any atom is 0.194 e. The van der Waals surface area contributed by atoms with E-state index in [0.29, 0.717) is 16.8 Å². The number of rotatable bonds is 2. The Morgan fingerprint density at radius 3 is 2.50 bits per heavy atom. The molecule has 4 heteroatoms. The summed E-state index contributed by atoms with van der Waals surface area (Å²) in [5.74, 6) is -0.0220. The monoisotopic (exact) mass is 367 g/mol. The molecule has 0 saturated carbocycles. The molecule has 0 bridgehead atoms. The molecule has 0 saturated heterocycles. The van der Waals surface area contributed by atoms with Crippen molar-refractivity contribution in [3.05, 3.63) is 62.0 Å². The van der Waals surface area contributed by atoms with Crippen LogP contribution in [-0.2, 0) is 0 Å². The first-order valence-corrected chi connectivity index (χ1v) is 6.93. The first-order chi connectivity index (χ1) is 8.49. The highest BCUT2D eigenvalue weighted by atomic mass is 79.9. The van der Waals surface area contributed by atoms with E-state index in [9.17, 15) is 4.79 Å². The fourth-order valence-corrected chi connectivity index (χ4v) is 2.43. The van der Waals surface area contributed by atoms with Gasteiger partial charge in [-0.2, -0.15) is 0 Å². The molecule has 0 fully saturated rings. The Morgan fingerprint density at radius 1 is 1.11 bits per heavy atom. The standard InChI is InChI=1S/C14H11Br2NO/c1-8-6-9(2-5-13(8)17)14(18)11-7-10(15)3-4-12(11)16/h2-7H,17H2,1H3. The first-order valence-electron chi connectivity index (χ1n) is 5.35. The molecule has 0 heterocycles. The molecule has 2 aromatic carbocycles. The third-order valence-electron chi connectivity index (χ3n) is 2.71. The molecule has 0 spiro atoms. The fourth-order valence-electron chi connectivity index (χ4n) is 1.64. The lowest BCUT2D eigenvalue weighted by atomic mass is 10.0. The van der Waals surface area contributed by atoms with Crippen LogP contribution in [0, 0.1) is 6.92 Å². The summed E-state index contributed by atoms with van der Waals surface area (Å²) in [4.78, 5) is 12.4. The molecular weight excluding hydrogens is 358 g/mol. The van der Waals surface area contributed by atoms with Crippen LogP contribution in [0.15, 0.2) is 45.3 Å². The van der Waals surface area contributed by atoms with Gasteiger partial charge in [-0.3, -0.25) is 4.79 Å². The lowest BCUT2D eigenvalue weighted by Gasteiger charge is -2.07. The Hall–Kier alpha value is -1.13. The number of hydrogen-bond donors (Lipinski definition) is 1. The maximum atomic E-state index is 12.4. The second-order valence-corrected chi connectivity index (χ2v) is 5.79. The number of aryl methyl sites for hydroxylation is 1. The van der Waals surface area contributed by atoms with E-state index in [-0.39, 0.29) is 5.78 Å². The summed E-state index contributed by atoms with van der Waals surface area (Å²) in [6, 6.07) is 10.9. The molecule has 0 aromatic heterocycles. The van der Waals surface area contributed by atoms with Gasteiger partial charge < -0.3 is 5.73 Å². The number of halogens is 2. The number of nitrogens with two attached hydrogens (primary N) is 1. The van der Waals surface area contributed by atoms with Gasteiger partial charge >= 0.3 is 0 Å². The first kappa shape index (κ1) is 13.3. The van der Waals surface area contributed by atoms with Crippen molar-refractivity contribution in [1.29, 1.82) is 0 Å². The maximum absolute atomic E-state index is 12.4. The second-order valence-electron chi connectivity index (χ2n) is 4.02. The summed E-state index contributed by atoms with van der Waals surface area (Å²) in [5, 5.41) is 0. The van der Waals surface area contributed by atoms with Crippen molar-refractivity contribution in [3.8, 4) is 0 Å². The molecule has 2 N–H and O–H groups in total. The van der Waals surface area contributed by atoms with E-state index >= 15 is 0 Å². The minimum atomic E-state index is -0.0220. The SMILES string of the molecule is Cc1cc(C(=O)c2cc(Br)ccc2Br)ccc1N. The Kier molecular flexibility index (Phi) is 3.88. The second kappa shape index (κ2) is 5.24. The minimum Gasteiger partial charge on any atom is -0.399 e. The highest BCUT2D eigenvalue weighted by Gasteiger charge is 2.13. The van der Waals surface area contributed by atoms with E-state index < -0.39 is 0 Å². The Balaban J connectivity index is 2.47. The van der Waals surface area contributed by atoms with Crippen LogP contribution in [0.4, 0.5) is 5.69 Å². The number of ketones is 1. The summed E-state index contributed by atoms with van der Waals surface area (Å²) < 4.78 is 1.66. The van der Waals surface area contributed by atoms with Crippen molar-refractivity contribution in [1.82, 2.24) is 0 Å². The average molecular weight is 369 g/mol. The zero-order valence-corrected chi connectivity index (χ0v) is 12.9. The highest BCUT2D eigenvalue weighted by molar-refractivity contribution is 9.11. The lowest BCUT2D eigenvalue weighted by Crippen LogP contribution is -2.03. The van der Waals surface area contributed by atoms with Crippen molar-refractivity contribution in [2.45, 2.75) is 6.92 Å². The van der Waals surface area contributed by atoms with Gasteiger partial charge in [0.1, 0.15) is 0 Å². The van der Waals surface area contributed by atoms with Crippen molar-refractivity contribution in [3.63, 3.8) is 0 Å². The van der Waals surface area contributed by atoms with Crippen LogP contribution in [0.2, 0.25) is 0 Å². The van der Waals surface area contributed by atoms with Gasteiger partial charge in [0.25, 0.3) is 0 Å². The zero-order chi connectivity index (χ0) is 13.3. The van der Waals surface area contributed by atoms with Crippen LogP contribution >= 0.6 is 31.9 Å². The smallest absolute Gasteiger partial charge is 0.194 e. The Morgan fingerprint density at radius 2 is 1.83 bits per heavy atom. The number of carbonyl (C=O) groups is 1. The van der Waals surface area contributed by atoms with E-state index in [4.69, 9.17) is 5.73 Å². The average Bonchev–Trinajstić information content (AvgIpc) is 2.35. The van der Waals surface area contributed by atoms with Gasteiger partial charge in [0, 0.05) is 25.8 Å². The molecule has 2 nitrogen and oxygen atoms in total. The summed E-state index contributed by atoms with van der Waals surface area (Å²) in [6.45, 7) is 1.89. The summed E-state index contributed by atoms with van der Waals surface area (Å²) in [5.41, 5.74) is 8.63. The number of carbonyl (C=O) groups excluding carboxylic acids is 1. The molecule has 0 radical (unpaired) electrons. The number of nitrogen functional groups attached to an aromatic ring is 1. The van der Waals surface area contributed by atoms with Gasteiger partial charge in [0.15, 0.2) is 5.78 Å². The molecule has 0 amide bonds. The third-order valence-corrected chi connectivity index (χ3v) is 3.89. The van der Waals surface area contributed by atoms with E-state index in [0.717, 1.165) is 14.5 Å². The normalized spacial score (nSPS) is 10.4. The molecule has 0 atom stereocenters. The van der Waals surface area contributed by atoms with Crippen LogP contribution in [-0.4, -0.2) is 5.78 Å². The Bertz CT molecular complexity index is 623. The van der Waals surface area contributed by atoms with E-state index in [1.54, 1.807) is 18.2 Å². The minimum absolute atomic E-state index is 0.0220. The van der Waals surface area contributed by atoms with Crippen LogP contribution in [0.1, 0.15) is 21.5 Å². The van der Waals surface area contributed by atoms with Crippen LogP contribution < -0.4 is 5.73 Å². The Labute approximate surface area is 122 Å². The molecule has 2 rings (SSSR count). The molecule has 0 aliphatic rings. The van der Waals surface area contributed by atoms with Gasteiger partial charge in [-0.05, 0) is 48.9 Å². The molecule has 18 heavy (non-hydrogen) atoms. The van der Waals surface area contributed by atoms with Crippen molar-refractivity contribution < 1.29 is 4.79 Å². The quantitative estimate of drug-likeness (QED) is 0.633. The lowest BCUT2D eigenvalue weighted by molar-refractivity contribution is 0.103. The van der Waals surface area contributed by atoms with Gasteiger partial charge in [0.05, 0.1) is 0 Å². The van der Waals surface area contributed by atoms with Crippen LogP contribution in [0.5, 0.6) is 0 Å².